The van der Waals surface area contributed by atoms with E-state index in [-0.39, 0.29) is 5.91 Å². The highest BCUT2D eigenvalue weighted by molar-refractivity contribution is 6.02. The van der Waals surface area contributed by atoms with Crippen LogP contribution in [0.3, 0.4) is 0 Å². The van der Waals surface area contributed by atoms with Gasteiger partial charge >= 0.3 is 0 Å². The molecular formula is C23H30N2O2. The summed E-state index contributed by atoms with van der Waals surface area (Å²) in [5, 5.41) is 3.63. The van der Waals surface area contributed by atoms with Gasteiger partial charge in [-0.15, -0.1) is 0 Å². The quantitative estimate of drug-likeness (QED) is 0.636. The number of nitrogens with one attached hydrogen (secondary N) is 1. The molecule has 4 heteroatoms. The van der Waals surface area contributed by atoms with Crippen LogP contribution in [0.4, 0.5) is 5.69 Å². The van der Waals surface area contributed by atoms with E-state index in [1.54, 1.807) is 0 Å². The number of benzene rings is 2. The van der Waals surface area contributed by atoms with Crippen LogP contribution >= 0.6 is 0 Å². The van der Waals surface area contributed by atoms with E-state index in [0.29, 0.717) is 13.2 Å². The highest BCUT2D eigenvalue weighted by atomic mass is 16.5. The number of carbonyl (C=O) groups excluding carboxylic acids is 1. The summed E-state index contributed by atoms with van der Waals surface area (Å²) in [6.07, 6.45) is 4.10. The first kappa shape index (κ1) is 19.3. The molecule has 0 fully saturated rings. The van der Waals surface area contributed by atoms with Crippen molar-refractivity contribution in [1.29, 1.82) is 0 Å². The Kier molecular flexibility index (Phi) is 6.04. The lowest BCUT2D eigenvalue weighted by molar-refractivity contribution is 0.0525. The molecule has 0 bridgehead atoms. The summed E-state index contributed by atoms with van der Waals surface area (Å²) in [5.74, 6) is 0.915. The van der Waals surface area contributed by atoms with Crippen molar-refractivity contribution in [2.75, 3.05) is 18.5 Å². The molecule has 1 heterocycles. The average Bonchev–Trinajstić information content (AvgIpc) is 2.68. The summed E-state index contributed by atoms with van der Waals surface area (Å²) in [4.78, 5) is 15.3. The lowest BCUT2D eigenvalue weighted by Gasteiger charge is -2.47. The van der Waals surface area contributed by atoms with Crippen molar-refractivity contribution < 1.29 is 9.53 Å². The van der Waals surface area contributed by atoms with E-state index in [1.807, 2.05) is 47.4 Å². The molecule has 1 aliphatic heterocycles. The average molecular weight is 367 g/mol. The molecule has 1 atom stereocenters. The molecule has 1 aliphatic rings. The molecule has 1 N–H and O–H groups in total. The number of nitrogens with zero attached hydrogens (tertiary/aromatic N) is 1. The fourth-order valence-corrected chi connectivity index (χ4v) is 3.63. The second-order valence-corrected chi connectivity index (χ2v) is 7.25. The summed E-state index contributed by atoms with van der Waals surface area (Å²) in [6, 6.07) is 15.8. The smallest absolute Gasteiger partial charge is 0.258 e. The predicted octanol–water partition coefficient (Wildman–Crippen LogP) is 5.41. The molecule has 1 amide bonds. The molecule has 0 saturated carbocycles. The third kappa shape index (κ3) is 3.80. The maximum Gasteiger partial charge on any atom is 0.258 e. The van der Waals surface area contributed by atoms with Crippen molar-refractivity contribution in [3.05, 3.63) is 59.7 Å². The van der Waals surface area contributed by atoms with Gasteiger partial charge in [0, 0.05) is 17.8 Å². The first-order valence-electron chi connectivity index (χ1n) is 10.0. The number of hydrogen-bond acceptors (Lipinski definition) is 3. The number of unbranched alkanes of at least 4 members (excludes halogenated alkanes) is 2. The normalized spacial score (nSPS) is 18.8. The number of rotatable bonds is 8. The van der Waals surface area contributed by atoms with Crippen LogP contribution in [0.1, 0.15) is 62.4 Å². The zero-order chi connectivity index (χ0) is 19.3. The monoisotopic (exact) mass is 366 g/mol. The third-order valence-electron chi connectivity index (χ3n) is 5.22. The van der Waals surface area contributed by atoms with E-state index >= 15 is 0 Å². The van der Waals surface area contributed by atoms with Gasteiger partial charge in [-0.3, -0.25) is 4.79 Å². The van der Waals surface area contributed by atoms with Crippen molar-refractivity contribution in [2.45, 2.75) is 52.1 Å². The van der Waals surface area contributed by atoms with Gasteiger partial charge in [0.1, 0.15) is 11.4 Å². The predicted molar refractivity (Wildman–Crippen MR) is 110 cm³/mol. The Balaban J connectivity index is 2.04. The van der Waals surface area contributed by atoms with Gasteiger partial charge in [-0.2, -0.15) is 0 Å². The largest absolute Gasteiger partial charge is 0.493 e. The van der Waals surface area contributed by atoms with Crippen LogP contribution in [-0.4, -0.2) is 24.0 Å². The van der Waals surface area contributed by atoms with Crippen molar-refractivity contribution in [3.63, 3.8) is 0 Å². The molecule has 0 spiro atoms. The minimum atomic E-state index is -0.649. The zero-order valence-corrected chi connectivity index (χ0v) is 16.6. The Hall–Kier alpha value is -2.49. The highest BCUT2D eigenvalue weighted by Crippen LogP contribution is 2.41. The van der Waals surface area contributed by atoms with Gasteiger partial charge < -0.3 is 15.0 Å². The van der Waals surface area contributed by atoms with Gasteiger partial charge in [0.15, 0.2) is 0 Å². The van der Waals surface area contributed by atoms with Gasteiger partial charge in [-0.25, -0.2) is 0 Å². The molecule has 4 nitrogen and oxygen atoms in total. The highest BCUT2D eigenvalue weighted by Gasteiger charge is 2.43. The van der Waals surface area contributed by atoms with Crippen LogP contribution in [-0.2, 0) is 5.66 Å². The number of para-hydroxylation sites is 2. The van der Waals surface area contributed by atoms with Crippen LogP contribution in [0.2, 0.25) is 0 Å². The van der Waals surface area contributed by atoms with Crippen LogP contribution in [0, 0.1) is 0 Å². The van der Waals surface area contributed by atoms with E-state index in [1.165, 1.54) is 0 Å². The number of anilines is 1. The van der Waals surface area contributed by atoms with Gasteiger partial charge in [0.25, 0.3) is 5.91 Å². The summed E-state index contributed by atoms with van der Waals surface area (Å²) in [6.45, 7) is 7.77. The van der Waals surface area contributed by atoms with E-state index in [0.717, 1.165) is 48.2 Å². The van der Waals surface area contributed by atoms with Crippen molar-refractivity contribution in [3.8, 4) is 5.75 Å². The maximum absolute atomic E-state index is 13.3. The molecule has 3 rings (SSSR count). The fraction of sp³-hybridized carbons (Fsp3) is 0.435. The van der Waals surface area contributed by atoms with Crippen LogP contribution in [0.25, 0.3) is 0 Å². The molecule has 144 valence electrons. The van der Waals surface area contributed by atoms with E-state index in [9.17, 15) is 4.79 Å². The molecule has 0 radical (unpaired) electrons. The maximum atomic E-state index is 13.3. The molecule has 2 aromatic rings. The lowest BCUT2D eigenvalue weighted by atomic mass is 9.92. The van der Waals surface area contributed by atoms with Crippen LogP contribution < -0.4 is 10.1 Å². The Morgan fingerprint density at radius 1 is 1.00 bits per heavy atom. The first-order chi connectivity index (χ1) is 13.1. The Bertz CT molecular complexity index is 789. The van der Waals surface area contributed by atoms with Gasteiger partial charge in [-0.05, 0) is 38.0 Å². The molecule has 1 unspecified atom stereocenters. The first-order valence-corrected chi connectivity index (χ1v) is 10.0. The van der Waals surface area contributed by atoms with Crippen molar-refractivity contribution >= 4 is 11.6 Å². The van der Waals surface area contributed by atoms with Crippen molar-refractivity contribution in [2.24, 2.45) is 0 Å². The Morgan fingerprint density at radius 2 is 1.70 bits per heavy atom. The summed E-state index contributed by atoms with van der Waals surface area (Å²) in [5.41, 5.74) is 1.96. The van der Waals surface area contributed by atoms with E-state index in [2.05, 4.69) is 32.2 Å². The molecule has 27 heavy (non-hydrogen) atoms. The fourth-order valence-electron chi connectivity index (χ4n) is 3.63. The number of amides is 1. The van der Waals surface area contributed by atoms with E-state index < -0.39 is 5.66 Å². The third-order valence-corrected chi connectivity index (χ3v) is 5.22. The lowest BCUT2D eigenvalue weighted by Crippen LogP contribution is -2.56. The minimum absolute atomic E-state index is 0.0728. The van der Waals surface area contributed by atoms with Crippen LogP contribution in [0.15, 0.2) is 48.5 Å². The molecule has 2 aromatic carbocycles. The zero-order valence-electron chi connectivity index (χ0n) is 16.6. The van der Waals surface area contributed by atoms with Crippen LogP contribution in [0.5, 0.6) is 5.75 Å². The summed E-state index contributed by atoms with van der Waals surface area (Å²) < 4.78 is 6.09. The number of hydrogen-bond donors (Lipinski definition) is 1. The number of ether oxygens (including phenoxy) is 1. The second-order valence-electron chi connectivity index (χ2n) is 7.25. The topological polar surface area (TPSA) is 41.6 Å². The van der Waals surface area contributed by atoms with Crippen molar-refractivity contribution in [1.82, 2.24) is 4.90 Å². The SMILES string of the molecule is CCCCOc1ccccc1C1(C)Nc2ccccc2C(=O)N1CCCC. The second kappa shape index (κ2) is 8.47. The number of carbonyl (C=O) groups is 1. The standard InChI is InChI=1S/C23H30N2O2/c1-4-6-16-25-22(26)18-12-8-10-14-20(18)24-23(25,3)19-13-9-11-15-21(19)27-17-7-5-2/h8-15,24H,4-7,16-17H2,1-3H3. The molecular weight excluding hydrogens is 336 g/mol. The molecule has 0 saturated heterocycles. The Morgan fingerprint density at radius 3 is 2.48 bits per heavy atom. The number of fused-ring (bicyclic) bond motifs is 1. The van der Waals surface area contributed by atoms with Gasteiger partial charge in [0.05, 0.1) is 12.2 Å². The van der Waals surface area contributed by atoms with Gasteiger partial charge in [-0.1, -0.05) is 57.0 Å². The van der Waals surface area contributed by atoms with E-state index in [4.69, 9.17) is 4.74 Å². The van der Waals surface area contributed by atoms with Gasteiger partial charge in [0.2, 0.25) is 0 Å². The summed E-state index contributed by atoms with van der Waals surface area (Å²) in [7, 11) is 0. The minimum Gasteiger partial charge on any atom is -0.493 e. The Labute approximate surface area is 162 Å². The summed E-state index contributed by atoms with van der Waals surface area (Å²) >= 11 is 0. The molecule has 0 aliphatic carbocycles. The molecule has 0 aromatic heterocycles.